The third-order valence-electron chi connectivity index (χ3n) is 5.63. The van der Waals surface area contributed by atoms with Crippen LogP contribution in [0.4, 0.5) is 17.5 Å². The number of nitrogens with two attached hydrogens (primary N) is 1. The Morgan fingerprint density at radius 1 is 1.00 bits per heavy atom. The van der Waals surface area contributed by atoms with Crippen molar-refractivity contribution in [2.45, 2.75) is 4.90 Å². The van der Waals surface area contributed by atoms with Crippen LogP contribution in [0.5, 0.6) is 0 Å². The van der Waals surface area contributed by atoms with Gasteiger partial charge in [-0.15, -0.1) is 0 Å². The summed E-state index contributed by atoms with van der Waals surface area (Å²) in [5, 5.41) is 3.12. The fraction of sp³-hybridized carbons (Fsp3) is 0.148. The fourth-order valence-corrected chi connectivity index (χ4v) is 4.75. The third-order valence-corrected chi connectivity index (χ3v) is 7.11. The second kappa shape index (κ2) is 11.7. The number of nitrogen functional groups attached to an aromatic ring is 1. The van der Waals surface area contributed by atoms with E-state index < -0.39 is 11.0 Å². The molecule has 10 nitrogen and oxygen atoms in total. The Hall–Kier alpha value is -4.50. The van der Waals surface area contributed by atoms with E-state index in [9.17, 15) is 9.00 Å². The smallest absolute Gasteiger partial charge is 0.229 e. The zero-order chi connectivity index (χ0) is 26.3. The van der Waals surface area contributed by atoms with Crippen molar-refractivity contribution in [2.75, 3.05) is 37.4 Å². The Morgan fingerprint density at radius 3 is 2.53 bits per heavy atom. The average molecular weight is 526 g/mol. The van der Waals surface area contributed by atoms with Gasteiger partial charge in [-0.2, -0.15) is 4.98 Å². The first-order valence-electron chi connectivity index (χ1n) is 11.7. The highest BCUT2D eigenvalue weighted by molar-refractivity contribution is 7.82. The summed E-state index contributed by atoms with van der Waals surface area (Å²) in [6, 6.07) is 14.2. The van der Waals surface area contributed by atoms with Gasteiger partial charge in [0.1, 0.15) is 28.8 Å². The molecule has 0 amide bonds. The van der Waals surface area contributed by atoms with Crippen molar-refractivity contribution < 1.29 is 13.7 Å². The quantitative estimate of drug-likeness (QED) is 0.288. The van der Waals surface area contributed by atoms with Crippen molar-refractivity contribution >= 4 is 34.7 Å². The SMILES string of the molecule is Nc1nc(Nc2ccc(C#Cc3cc(C=O)ccn3)cc2)ncc1-c1ccc(S(=O)N2CCOCC2)cn1. The van der Waals surface area contributed by atoms with Crippen LogP contribution in [0.3, 0.4) is 0 Å². The number of hydrogen-bond acceptors (Lipinski definition) is 9. The van der Waals surface area contributed by atoms with E-state index in [4.69, 9.17) is 10.5 Å². The van der Waals surface area contributed by atoms with Gasteiger partial charge in [0.25, 0.3) is 0 Å². The first kappa shape index (κ1) is 25.2. The first-order chi connectivity index (χ1) is 18.6. The van der Waals surface area contributed by atoms with E-state index in [1.807, 2.05) is 28.6 Å². The number of carbonyl (C=O) groups excluding carboxylic acids is 1. The highest BCUT2D eigenvalue weighted by Gasteiger charge is 2.19. The molecule has 4 heterocycles. The van der Waals surface area contributed by atoms with E-state index in [2.05, 4.69) is 37.1 Å². The van der Waals surface area contributed by atoms with Crippen molar-refractivity contribution in [3.63, 3.8) is 0 Å². The van der Waals surface area contributed by atoms with Gasteiger partial charge in [0.05, 0.1) is 29.4 Å². The lowest BCUT2D eigenvalue weighted by Crippen LogP contribution is -2.37. The lowest BCUT2D eigenvalue weighted by molar-refractivity contribution is 0.0752. The fourth-order valence-electron chi connectivity index (χ4n) is 3.65. The molecule has 4 aromatic rings. The summed E-state index contributed by atoms with van der Waals surface area (Å²) in [6.45, 7) is 2.38. The molecule has 0 saturated carbocycles. The zero-order valence-corrected chi connectivity index (χ0v) is 21.0. The molecule has 38 heavy (non-hydrogen) atoms. The van der Waals surface area contributed by atoms with Crippen LogP contribution in [-0.4, -0.2) is 61.0 Å². The predicted octanol–water partition coefficient (Wildman–Crippen LogP) is 2.83. The molecule has 1 aromatic carbocycles. The van der Waals surface area contributed by atoms with Gasteiger partial charge in [-0.05, 0) is 54.5 Å². The molecule has 3 aromatic heterocycles. The number of rotatable bonds is 6. The van der Waals surface area contributed by atoms with E-state index in [1.54, 1.807) is 42.9 Å². The Morgan fingerprint density at radius 2 is 1.82 bits per heavy atom. The van der Waals surface area contributed by atoms with E-state index >= 15 is 0 Å². The number of pyridine rings is 2. The molecule has 5 rings (SSSR count). The molecule has 0 bridgehead atoms. The molecule has 1 saturated heterocycles. The van der Waals surface area contributed by atoms with Gasteiger partial charge < -0.3 is 15.8 Å². The number of aromatic nitrogens is 4. The molecule has 0 radical (unpaired) electrons. The van der Waals surface area contributed by atoms with E-state index in [0.717, 1.165) is 17.5 Å². The van der Waals surface area contributed by atoms with Gasteiger partial charge >= 0.3 is 0 Å². The zero-order valence-electron chi connectivity index (χ0n) is 20.2. The van der Waals surface area contributed by atoms with Gasteiger partial charge in [0.2, 0.25) is 5.95 Å². The topological polar surface area (TPSA) is 136 Å². The van der Waals surface area contributed by atoms with E-state index in [0.29, 0.717) is 59.7 Å². The molecule has 0 spiro atoms. The summed E-state index contributed by atoms with van der Waals surface area (Å²) in [5.41, 5.74) is 9.97. The minimum Gasteiger partial charge on any atom is -0.383 e. The van der Waals surface area contributed by atoms with Crippen molar-refractivity contribution in [1.29, 1.82) is 0 Å². The summed E-state index contributed by atoms with van der Waals surface area (Å²) < 4.78 is 19.9. The molecule has 1 aliphatic heterocycles. The number of carbonyl (C=O) groups is 1. The Kier molecular flexibility index (Phi) is 7.75. The van der Waals surface area contributed by atoms with E-state index in [1.165, 1.54) is 0 Å². The Labute approximate surface area is 221 Å². The summed E-state index contributed by atoms with van der Waals surface area (Å²) in [6.07, 6.45) is 5.51. The average Bonchev–Trinajstić information content (AvgIpc) is 2.97. The number of aldehydes is 1. The van der Waals surface area contributed by atoms with Crippen molar-refractivity contribution in [3.8, 4) is 23.1 Å². The van der Waals surface area contributed by atoms with Crippen molar-refractivity contribution in [1.82, 2.24) is 24.2 Å². The summed E-state index contributed by atoms with van der Waals surface area (Å²) in [7, 11) is -1.29. The van der Waals surface area contributed by atoms with Gasteiger partial charge in [-0.3, -0.25) is 9.78 Å². The highest BCUT2D eigenvalue weighted by atomic mass is 32.2. The summed E-state index contributed by atoms with van der Waals surface area (Å²) in [4.78, 5) is 28.8. The third kappa shape index (κ3) is 6.07. The standard InChI is InChI=1S/C27H23N7O3S/c28-26-24(25-8-7-23(16-30-25)38(36)34-11-13-37-14-12-34)17-31-27(33-26)32-21-4-1-19(2-5-21)3-6-22-15-20(18-35)9-10-29-22/h1-2,4-5,7-10,15-18H,11-14H2,(H3,28,31,32,33). The molecule has 1 atom stereocenters. The first-order valence-corrected chi connectivity index (χ1v) is 12.8. The maximum Gasteiger partial charge on any atom is 0.229 e. The van der Waals surface area contributed by atoms with Crippen LogP contribution in [0.2, 0.25) is 0 Å². The molecule has 11 heteroatoms. The van der Waals surface area contributed by atoms with Crippen LogP contribution in [-0.2, 0) is 15.7 Å². The molecule has 3 N–H and O–H groups in total. The van der Waals surface area contributed by atoms with Crippen LogP contribution < -0.4 is 11.1 Å². The number of nitrogens with one attached hydrogen (secondary N) is 1. The maximum atomic E-state index is 12.7. The summed E-state index contributed by atoms with van der Waals surface area (Å²) >= 11 is 0. The molecule has 0 aliphatic carbocycles. The van der Waals surface area contributed by atoms with Crippen LogP contribution in [0.15, 0.2) is 72.0 Å². The van der Waals surface area contributed by atoms with Crippen LogP contribution >= 0.6 is 0 Å². The molecular weight excluding hydrogens is 502 g/mol. The second-order valence-electron chi connectivity index (χ2n) is 8.21. The number of anilines is 3. The van der Waals surface area contributed by atoms with Crippen LogP contribution in [0.1, 0.15) is 21.6 Å². The number of benzene rings is 1. The number of morpholine rings is 1. The second-order valence-corrected chi connectivity index (χ2v) is 9.69. The number of hydrogen-bond donors (Lipinski definition) is 2. The molecule has 1 aliphatic rings. The number of nitrogens with zero attached hydrogens (tertiary/aromatic N) is 5. The van der Waals surface area contributed by atoms with Crippen molar-refractivity contribution in [2.24, 2.45) is 0 Å². The van der Waals surface area contributed by atoms with Crippen LogP contribution in [0, 0.1) is 11.8 Å². The maximum absolute atomic E-state index is 12.7. The molecular formula is C27H23N7O3S. The van der Waals surface area contributed by atoms with Gasteiger partial charge in [0, 0.05) is 48.5 Å². The Balaban J connectivity index is 1.24. The Bertz CT molecular complexity index is 1530. The van der Waals surface area contributed by atoms with Gasteiger partial charge in [0.15, 0.2) is 0 Å². The van der Waals surface area contributed by atoms with Crippen LogP contribution in [0.25, 0.3) is 11.3 Å². The molecule has 1 fully saturated rings. The monoisotopic (exact) mass is 525 g/mol. The molecule has 190 valence electrons. The lowest BCUT2D eigenvalue weighted by Gasteiger charge is -2.25. The van der Waals surface area contributed by atoms with Crippen molar-refractivity contribution in [3.05, 3.63) is 83.9 Å². The predicted molar refractivity (Wildman–Crippen MR) is 144 cm³/mol. The minimum absolute atomic E-state index is 0.268. The number of ether oxygens (including phenoxy) is 1. The minimum atomic E-state index is -1.29. The normalized spacial score (nSPS) is 14.2. The highest BCUT2D eigenvalue weighted by Crippen LogP contribution is 2.25. The lowest BCUT2D eigenvalue weighted by atomic mass is 10.2. The molecule has 1 unspecified atom stereocenters. The summed E-state index contributed by atoms with van der Waals surface area (Å²) in [5.74, 6) is 6.58. The van der Waals surface area contributed by atoms with Gasteiger partial charge in [-0.25, -0.2) is 18.5 Å². The van der Waals surface area contributed by atoms with E-state index in [-0.39, 0.29) is 5.82 Å². The van der Waals surface area contributed by atoms with Gasteiger partial charge in [-0.1, -0.05) is 5.92 Å². The largest absolute Gasteiger partial charge is 0.383 e.